The number of nitrogens with zero attached hydrogens (tertiary/aromatic N) is 3. The van der Waals surface area contributed by atoms with Gasteiger partial charge in [0, 0.05) is 11.3 Å². The first-order valence-corrected chi connectivity index (χ1v) is 11.3. The number of fused-ring (bicyclic) bond motifs is 3. The standard InChI is InChI=1S/C25H19FN4O2S/c1-15-11-12-17(13-19(15)26)27-21(31)14-33-25-28-20-10-6-5-9-18(20)23-29-22(24(32)30(23)25)16-7-3-2-4-8-16/h2-13,22H,14H2,1H3,(H,27,31)/t22-/m1/s1. The molecule has 0 spiro atoms. The molecule has 0 saturated carbocycles. The highest BCUT2D eigenvalue weighted by Gasteiger charge is 2.42. The van der Waals surface area contributed by atoms with Gasteiger partial charge in [-0.15, -0.1) is 0 Å². The van der Waals surface area contributed by atoms with Gasteiger partial charge in [-0.25, -0.2) is 19.3 Å². The number of nitrogens with one attached hydrogen (secondary N) is 1. The number of hydrogen-bond donors (Lipinski definition) is 1. The number of benzene rings is 3. The van der Waals surface area contributed by atoms with Crippen molar-refractivity contribution in [2.75, 3.05) is 11.1 Å². The van der Waals surface area contributed by atoms with Crippen LogP contribution in [0.3, 0.4) is 0 Å². The van der Waals surface area contributed by atoms with E-state index in [2.05, 4.69) is 10.3 Å². The number of rotatable bonds is 4. The average Bonchev–Trinajstić information content (AvgIpc) is 3.18. The first kappa shape index (κ1) is 21.1. The summed E-state index contributed by atoms with van der Waals surface area (Å²) < 4.78 is 13.8. The maximum Gasteiger partial charge on any atom is 0.263 e. The molecule has 0 fully saturated rings. The minimum Gasteiger partial charge on any atom is -0.325 e. The first-order valence-electron chi connectivity index (χ1n) is 10.3. The lowest BCUT2D eigenvalue weighted by Crippen LogP contribution is -2.40. The molecule has 0 radical (unpaired) electrons. The van der Waals surface area contributed by atoms with Crippen LogP contribution < -0.4 is 5.32 Å². The molecule has 0 aliphatic carbocycles. The van der Waals surface area contributed by atoms with Crippen LogP contribution in [-0.4, -0.2) is 33.5 Å². The van der Waals surface area contributed by atoms with Gasteiger partial charge in [-0.05, 0) is 42.3 Å². The van der Waals surface area contributed by atoms with E-state index in [0.29, 0.717) is 27.9 Å². The summed E-state index contributed by atoms with van der Waals surface area (Å²) in [4.78, 5) is 36.7. The van der Waals surface area contributed by atoms with Gasteiger partial charge in [0.25, 0.3) is 5.91 Å². The normalized spacial score (nSPS) is 16.6. The molecule has 2 heterocycles. The third kappa shape index (κ3) is 4.05. The molecule has 164 valence electrons. The summed E-state index contributed by atoms with van der Waals surface area (Å²) in [5, 5.41) is 3.08. The van der Waals surface area contributed by atoms with Crippen LogP contribution in [-0.2, 0) is 9.59 Å². The number of carbonyl (C=O) groups excluding carboxylic acids is 2. The van der Waals surface area contributed by atoms with Crippen LogP contribution in [0.4, 0.5) is 15.8 Å². The molecular formula is C25H19FN4O2S. The lowest BCUT2D eigenvalue weighted by molar-refractivity contribution is -0.124. The van der Waals surface area contributed by atoms with Crippen molar-refractivity contribution >= 4 is 46.0 Å². The minimum absolute atomic E-state index is 0.00353. The van der Waals surface area contributed by atoms with E-state index in [1.54, 1.807) is 19.1 Å². The summed E-state index contributed by atoms with van der Waals surface area (Å²) >= 11 is 1.14. The topological polar surface area (TPSA) is 74.1 Å². The molecule has 3 aromatic rings. The van der Waals surface area contributed by atoms with Crippen LogP contribution >= 0.6 is 11.8 Å². The SMILES string of the molecule is Cc1ccc(NC(=O)CSC2=Nc3ccccc3C3=N[C@H](c4ccccc4)C(=O)N23)cc1F. The fourth-order valence-corrected chi connectivity index (χ4v) is 4.50. The molecule has 2 aliphatic rings. The van der Waals surface area contributed by atoms with E-state index in [1.807, 2.05) is 54.6 Å². The second-order valence-electron chi connectivity index (χ2n) is 7.65. The van der Waals surface area contributed by atoms with Crippen molar-refractivity contribution in [1.29, 1.82) is 0 Å². The van der Waals surface area contributed by atoms with Gasteiger partial charge >= 0.3 is 0 Å². The molecule has 2 aliphatic heterocycles. The van der Waals surface area contributed by atoms with Crippen LogP contribution in [0, 0.1) is 12.7 Å². The highest BCUT2D eigenvalue weighted by molar-refractivity contribution is 8.14. The number of amides is 2. The number of amidine groups is 2. The van der Waals surface area contributed by atoms with Crippen molar-refractivity contribution in [3.05, 3.63) is 95.3 Å². The summed E-state index contributed by atoms with van der Waals surface area (Å²) in [6, 6.07) is 20.7. The highest BCUT2D eigenvalue weighted by Crippen LogP contribution is 2.37. The maximum absolute atomic E-state index is 13.8. The molecule has 0 saturated heterocycles. The predicted octanol–water partition coefficient (Wildman–Crippen LogP) is 4.84. The third-order valence-electron chi connectivity index (χ3n) is 5.37. The fourth-order valence-electron chi connectivity index (χ4n) is 3.70. The number of thioether (sulfide) groups is 1. The van der Waals surface area contributed by atoms with Crippen molar-refractivity contribution in [3.8, 4) is 0 Å². The Kier molecular flexibility index (Phi) is 5.51. The van der Waals surface area contributed by atoms with Gasteiger partial charge in [-0.2, -0.15) is 0 Å². The molecule has 2 amide bonds. The van der Waals surface area contributed by atoms with Crippen molar-refractivity contribution < 1.29 is 14.0 Å². The Labute approximate surface area is 194 Å². The number of anilines is 1. The number of carbonyl (C=O) groups is 2. The quantitative estimate of drug-likeness (QED) is 0.608. The first-order chi connectivity index (χ1) is 16.0. The fraction of sp³-hybridized carbons (Fsp3) is 0.120. The Hall–Kier alpha value is -3.78. The smallest absolute Gasteiger partial charge is 0.263 e. The number of aryl methyl sites for hydroxylation is 1. The van der Waals surface area contributed by atoms with Gasteiger partial charge in [-0.1, -0.05) is 60.3 Å². The monoisotopic (exact) mass is 458 g/mol. The highest BCUT2D eigenvalue weighted by atomic mass is 32.2. The Morgan fingerprint density at radius 2 is 1.85 bits per heavy atom. The van der Waals surface area contributed by atoms with Crippen molar-refractivity contribution in [2.45, 2.75) is 13.0 Å². The minimum atomic E-state index is -0.664. The predicted molar refractivity (Wildman–Crippen MR) is 128 cm³/mol. The van der Waals surface area contributed by atoms with Gasteiger partial charge in [0.2, 0.25) is 5.91 Å². The zero-order valence-corrected chi connectivity index (χ0v) is 18.5. The van der Waals surface area contributed by atoms with E-state index in [0.717, 1.165) is 22.9 Å². The van der Waals surface area contributed by atoms with Gasteiger partial charge in [0.15, 0.2) is 11.2 Å². The number of hydrogen-bond acceptors (Lipinski definition) is 5. The molecule has 0 unspecified atom stereocenters. The Morgan fingerprint density at radius 1 is 1.09 bits per heavy atom. The average molecular weight is 459 g/mol. The lowest BCUT2D eigenvalue weighted by Gasteiger charge is -2.25. The molecule has 0 aromatic heterocycles. The zero-order chi connectivity index (χ0) is 22.9. The van der Waals surface area contributed by atoms with Crippen LogP contribution in [0.25, 0.3) is 0 Å². The van der Waals surface area contributed by atoms with Gasteiger partial charge in [-0.3, -0.25) is 9.59 Å². The van der Waals surface area contributed by atoms with E-state index in [1.165, 1.54) is 11.0 Å². The van der Waals surface area contributed by atoms with E-state index < -0.39 is 6.04 Å². The summed E-state index contributed by atoms with van der Waals surface area (Å²) in [7, 11) is 0. The second-order valence-corrected chi connectivity index (χ2v) is 8.59. The molecule has 1 N–H and O–H groups in total. The Balaban J connectivity index is 1.39. The maximum atomic E-state index is 13.8. The van der Waals surface area contributed by atoms with E-state index in [-0.39, 0.29) is 23.4 Å². The molecular weight excluding hydrogens is 439 g/mol. The van der Waals surface area contributed by atoms with Gasteiger partial charge < -0.3 is 5.32 Å². The van der Waals surface area contributed by atoms with Crippen molar-refractivity contribution in [1.82, 2.24) is 4.90 Å². The van der Waals surface area contributed by atoms with Crippen molar-refractivity contribution in [2.24, 2.45) is 9.98 Å². The van der Waals surface area contributed by atoms with Gasteiger partial charge in [0.1, 0.15) is 11.7 Å². The summed E-state index contributed by atoms with van der Waals surface area (Å²) in [6.45, 7) is 1.66. The van der Waals surface area contributed by atoms with E-state index >= 15 is 0 Å². The number of halogens is 1. The Bertz CT molecular complexity index is 1320. The largest absolute Gasteiger partial charge is 0.325 e. The molecule has 3 aromatic carbocycles. The van der Waals surface area contributed by atoms with Crippen LogP contribution in [0.15, 0.2) is 82.8 Å². The molecule has 33 heavy (non-hydrogen) atoms. The molecule has 0 bridgehead atoms. The molecule has 1 atom stereocenters. The van der Waals surface area contributed by atoms with E-state index in [9.17, 15) is 14.0 Å². The van der Waals surface area contributed by atoms with Crippen LogP contribution in [0.1, 0.15) is 22.7 Å². The van der Waals surface area contributed by atoms with Crippen LogP contribution in [0.2, 0.25) is 0 Å². The lowest BCUT2D eigenvalue weighted by atomic mass is 10.1. The number of aliphatic imine (C=N–C) groups is 2. The van der Waals surface area contributed by atoms with Gasteiger partial charge in [0.05, 0.1) is 11.4 Å². The molecule has 8 heteroatoms. The molecule has 6 nitrogen and oxygen atoms in total. The summed E-state index contributed by atoms with van der Waals surface area (Å²) in [5.74, 6) is -0.386. The van der Waals surface area contributed by atoms with Crippen LogP contribution in [0.5, 0.6) is 0 Å². The second kappa shape index (κ2) is 8.63. The van der Waals surface area contributed by atoms with Crippen molar-refractivity contribution in [3.63, 3.8) is 0 Å². The van der Waals surface area contributed by atoms with E-state index in [4.69, 9.17) is 4.99 Å². The summed E-state index contributed by atoms with van der Waals surface area (Å²) in [6.07, 6.45) is 0. The Morgan fingerprint density at radius 3 is 2.64 bits per heavy atom. The zero-order valence-electron chi connectivity index (χ0n) is 17.7. The summed E-state index contributed by atoms with van der Waals surface area (Å²) in [5.41, 5.74) is 3.14. The molecule has 5 rings (SSSR count). The number of para-hydroxylation sites is 1. The third-order valence-corrected chi connectivity index (χ3v) is 6.31.